The Morgan fingerprint density at radius 1 is 0.973 bits per heavy atom. The molecular formula is C29H43N3O4S. The van der Waals surface area contributed by atoms with E-state index in [1.807, 2.05) is 71.0 Å². The Labute approximate surface area is 223 Å². The summed E-state index contributed by atoms with van der Waals surface area (Å²) in [6.45, 7) is 10.4. The molecule has 1 N–H and O–H groups in total. The average Bonchev–Trinajstić information content (AvgIpc) is 2.86. The topological polar surface area (TPSA) is 86.8 Å². The molecule has 2 atom stereocenters. The Balaban J connectivity index is 2.23. The summed E-state index contributed by atoms with van der Waals surface area (Å²) in [6, 6.07) is 14.7. The molecule has 7 nitrogen and oxygen atoms in total. The molecule has 0 unspecified atom stereocenters. The van der Waals surface area contributed by atoms with Gasteiger partial charge in [-0.2, -0.15) is 0 Å². The predicted octanol–water partition coefficient (Wildman–Crippen LogP) is 4.83. The maximum atomic E-state index is 13.5. The third-order valence-corrected chi connectivity index (χ3v) is 7.97. The molecule has 0 bridgehead atoms. The first-order valence-electron chi connectivity index (χ1n) is 13.2. The largest absolute Gasteiger partial charge is 0.352 e. The molecule has 2 rings (SSSR count). The fourth-order valence-electron chi connectivity index (χ4n) is 4.23. The van der Waals surface area contributed by atoms with Crippen LogP contribution in [0, 0.1) is 6.92 Å². The van der Waals surface area contributed by atoms with Crippen LogP contribution in [0.1, 0.15) is 70.1 Å². The number of nitrogens with zero attached hydrogens (tertiary/aromatic N) is 2. The summed E-state index contributed by atoms with van der Waals surface area (Å²) < 4.78 is 26.4. The minimum absolute atomic E-state index is 0.0133. The SMILES string of the molecule is CCc1ccc(N(CCCC(=O)N(Cc2ccccc2C)[C@@H](CC)C(=O)N[C@@H](C)CC)S(C)(=O)=O)cc1. The van der Waals surface area contributed by atoms with E-state index >= 15 is 0 Å². The molecule has 0 saturated carbocycles. The minimum Gasteiger partial charge on any atom is -0.352 e. The maximum Gasteiger partial charge on any atom is 0.243 e. The first-order valence-corrected chi connectivity index (χ1v) is 15.1. The second kappa shape index (κ2) is 14.2. The van der Waals surface area contributed by atoms with Crippen molar-refractivity contribution in [3.8, 4) is 0 Å². The van der Waals surface area contributed by atoms with E-state index in [4.69, 9.17) is 0 Å². The van der Waals surface area contributed by atoms with Gasteiger partial charge in [0.1, 0.15) is 6.04 Å². The van der Waals surface area contributed by atoms with Crippen molar-refractivity contribution >= 4 is 27.5 Å². The van der Waals surface area contributed by atoms with Gasteiger partial charge in [0.2, 0.25) is 21.8 Å². The molecule has 0 saturated heterocycles. The van der Waals surface area contributed by atoms with Gasteiger partial charge in [-0.3, -0.25) is 13.9 Å². The van der Waals surface area contributed by atoms with Gasteiger partial charge in [0, 0.05) is 25.6 Å². The van der Waals surface area contributed by atoms with Gasteiger partial charge in [-0.15, -0.1) is 0 Å². The van der Waals surface area contributed by atoms with Crippen LogP contribution in [0.15, 0.2) is 48.5 Å². The molecular weight excluding hydrogens is 486 g/mol. The van der Waals surface area contributed by atoms with Crippen molar-refractivity contribution < 1.29 is 18.0 Å². The standard InChI is InChI=1S/C29H43N3O4S/c1-7-23(5)30-29(34)27(9-3)31(21-25-14-11-10-13-22(25)4)28(33)15-12-20-32(37(6,35)36)26-18-16-24(8-2)17-19-26/h10-11,13-14,16-19,23,27H,7-9,12,15,20-21H2,1-6H3,(H,30,34)/t23-,27-/m0/s1. The molecule has 0 fully saturated rings. The van der Waals surface area contributed by atoms with Crippen molar-refractivity contribution in [1.82, 2.24) is 10.2 Å². The molecule has 0 heterocycles. The smallest absolute Gasteiger partial charge is 0.243 e. The number of hydrogen-bond donors (Lipinski definition) is 1. The van der Waals surface area contributed by atoms with E-state index in [-0.39, 0.29) is 30.8 Å². The Hall–Kier alpha value is -2.87. The summed E-state index contributed by atoms with van der Waals surface area (Å²) >= 11 is 0. The normalized spacial score (nSPS) is 13.0. The Bertz CT molecular complexity index is 1130. The van der Waals surface area contributed by atoms with Gasteiger partial charge in [0.05, 0.1) is 11.9 Å². The fraction of sp³-hybridized carbons (Fsp3) is 0.517. The number of nitrogens with one attached hydrogen (secondary N) is 1. The van der Waals surface area contributed by atoms with E-state index in [9.17, 15) is 18.0 Å². The van der Waals surface area contributed by atoms with Crippen LogP contribution < -0.4 is 9.62 Å². The highest BCUT2D eigenvalue weighted by atomic mass is 32.2. The molecule has 2 aromatic rings. The number of carbonyl (C=O) groups is 2. The van der Waals surface area contributed by atoms with Crippen molar-refractivity contribution in [3.05, 3.63) is 65.2 Å². The molecule has 0 aliphatic heterocycles. The van der Waals surface area contributed by atoms with Crippen LogP contribution in [0.25, 0.3) is 0 Å². The van der Waals surface area contributed by atoms with Crippen LogP contribution >= 0.6 is 0 Å². The van der Waals surface area contributed by atoms with Gasteiger partial charge >= 0.3 is 0 Å². The van der Waals surface area contributed by atoms with Crippen LogP contribution in [0.4, 0.5) is 5.69 Å². The van der Waals surface area contributed by atoms with E-state index < -0.39 is 16.1 Å². The molecule has 0 aliphatic carbocycles. The minimum atomic E-state index is -3.52. The summed E-state index contributed by atoms with van der Waals surface area (Å²) in [5.74, 6) is -0.322. The predicted molar refractivity (Wildman–Crippen MR) is 151 cm³/mol. The molecule has 8 heteroatoms. The average molecular weight is 530 g/mol. The van der Waals surface area contributed by atoms with E-state index in [0.29, 0.717) is 25.1 Å². The van der Waals surface area contributed by atoms with Crippen molar-refractivity contribution in [1.29, 1.82) is 0 Å². The molecule has 2 aromatic carbocycles. The second-order valence-electron chi connectivity index (χ2n) is 9.65. The van der Waals surface area contributed by atoms with Gasteiger partial charge < -0.3 is 10.2 Å². The van der Waals surface area contributed by atoms with Crippen LogP contribution in [0.5, 0.6) is 0 Å². The van der Waals surface area contributed by atoms with Crippen LogP contribution in [-0.4, -0.2) is 50.0 Å². The summed E-state index contributed by atoms with van der Waals surface area (Å²) in [7, 11) is -3.52. The lowest BCUT2D eigenvalue weighted by Crippen LogP contribution is -2.50. The number of sulfonamides is 1. The molecule has 0 spiro atoms. The van der Waals surface area contributed by atoms with E-state index in [1.54, 1.807) is 17.0 Å². The summed E-state index contributed by atoms with van der Waals surface area (Å²) in [4.78, 5) is 28.3. The number of anilines is 1. The first-order chi connectivity index (χ1) is 17.5. The summed E-state index contributed by atoms with van der Waals surface area (Å²) in [5.41, 5.74) is 3.75. The van der Waals surface area contributed by atoms with E-state index in [0.717, 1.165) is 29.5 Å². The number of hydrogen-bond acceptors (Lipinski definition) is 4. The number of aryl methyl sites for hydroxylation is 2. The highest BCUT2D eigenvalue weighted by Gasteiger charge is 2.29. The van der Waals surface area contributed by atoms with Gasteiger partial charge in [-0.1, -0.05) is 57.2 Å². The van der Waals surface area contributed by atoms with E-state index in [2.05, 4.69) is 5.32 Å². The molecule has 37 heavy (non-hydrogen) atoms. The van der Waals surface area contributed by atoms with Crippen molar-refractivity contribution in [2.45, 2.75) is 85.4 Å². The lowest BCUT2D eigenvalue weighted by Gasteiger charge is -2.32. The zero-order valence-corrected chi connectivity index (χ0v) is 24.0. The van der Waals surface area contributed by atoms with Gasteiger partial charge in [-0.05, 0) is 68.4 Å². The Morgan fingerprint density at radius 2 is 1.62 bits per heavy atom. The van der Waals surface area contributed by atoms with Crippen molar-refractivity contribution in [2.24, 2.45) is 0 Å². The zero-order chi connectivity index (χ0) is 27.6. The van der Waals surface area contributed by atoms with E-state index in [1.165, 1.54) is 10.6 Å². The highest BCUT2D eigenvalue weighted by molar-refractivity contribution is 7.92. The van der Waals surface area contributed by atoms with Crippen LogP contribution in [0.3, 0.4) is 0 Å². The number of carbonyl (C=O) groups excluding carboxylic acids is 2. The second-order valence-corrected chi connectivity index (χ2v) is 11.6. The Kier molecular flexibility index (Phi) is 11.6. The highest BCUT2D eigenvalue weighted by Crippen LogP contribution is 2.21. The van der Waals surface area contributed by atoms with Crippen LogP contribution in [-0.2, 0) is 32.6 Å². The zero-order valence-electron chi connectivity index (χ0n) is 23.2. The molecule has 0 aliphatic rings. The molecule has 0 aromatic heterocycles. The molecule has 2 amide bonds. The first kappa shape index (κ1) is 30.4. The monoisotopic (exact) mass is 529 g/mol. The van der Waals surface area contributed by atoms with Gasteiger partial charge in [0.15, 0.2) is 0 Å². The van der Waals surface area contributed by atoms with Gasteiger partial charge in [-0.25, -0.2) is 8.42 Å². The van der Waals surface area contributed by atoms with Gasteiger partial charge in [0.25, 0.3) is 0 Å². The van der Waals surface area contributed by atoms with Crippen molar-refractivity contribution in [2.75, 3.05) is 17.1 Å². The fourth-order valence-corrected chi connectivity index (χ4v) is 5.20. The number of benzene rings is 2. The van der Waals surface area contributed by atoms with Crippen molar-refractivity contribution in [3.63, 3.8) is 0 Å². The Morgan fingerprint density at radius 3 is 2.16 bits per heavy atom. The summed E-state index contributed by atoms with van der Waals surface area (Å²) in [6.07, 6.45) is 3.81. The number of rotatable bonds is 14. The lowest BCUT2D eigenvalue weighted by atomic mass is 10.0. The molecule has 0 radical (unpaired) electrons. The third-order valence-electron chi connectivity index (χ3n) is 6.77. The molecule has 204 valence electrons. The number of amides is 2. The maximum absolute atomic E-state index is 13.5. The quantitative estimate of drug-likeness (QED) is 0.380. The lowest BCUT2D eigenvalue weighted by molar-refractivity contribution is -0.141. The summed E-state index contributed by atoms with van der Waals surface area (Å²) in [5, 5.41) is 3.02. The third kappa shape index (κ3) is 8.88. The van der Waals surface area contributed by atoms with Crippen LogP contribution in [0.2, 0.25) is 0 Å².